The Morgan fingerprint density at radius 2 is 2.17 bits per heavy atom. The van der Waals surface area contributed by atoms with Crippen LogP contribution in [-0.4, -0.2) is 35.7 Å². The molecule has 1 aliphatic carbocycles. The second-order valence-corrected chi connectivity index (χ2v) is 7.41. The number of aliphatic hydroxyl groups is 1. The summed E-state index contributed by atoms with van der Waals surface area (Å²) in [6.07, 6.45) is 1.94. The number of hydrogen-bond acceptors (Lipinski definition) is 2. The minimum atomic E-state index is -0.189. The molecule has 1 unspecified atom stereocenters. The molecule has 0 heterocycles. The van der Waals surface area contributed by atoms with Gasteiger partial charge in [-0.05, 0) is 41.9 Å². The number of halogens is 1. The van der Waals surface area contributed by atoms with Crippen molar-refractivity contribution < 1.29 is 14.3 Å². The lowest BCUT2D eigenvalue weighted by Gasteiger charge is -2.31. The van der Waals surface area contributed by atoms with E-state index in [1.54, 1.807) is 11.0 Å². The van der Waals surface area contributed by atoms with E-state index in [-0.39, 0.29) is 29.9 Å². The van der Waals surface area contributed by atoms with Crippen LogP contribution in [-0.2, 0) is 6.42 Å². The fraction of sp³-hybridized carbons (Fsp3) is 0.611. The Bertz CT molecular complexity index is 554. The molecule has 0 saturated carbocycles. The van der Waals surface area contributed by atoms with Gasteiger partial charge < -0.3 is 15.3 Å². The number of amides is 2. The molecule has 0 bridgehead atoms. The Hall–Kier alpha value is -1.62. The summed E-state index contributed by atoms with van der Waals surface area (Å²) in [6.45, 7) is 7.42. The zero-order chi connectivity index (χ0) is 17.0. The topological polar surface area (TPSA) is 52.6 Å². The van der Waals surface area contributed by atoms with Crippen molar-refractivity contribution in [1.82, 2.24) is 10.2 Å². The molecular weight excluding hydrogens is 295 g/mol. The fourth-order valence-electron chi connectivity index (χ4n) is 3.09. The number of benzene rings is 1. The number of aliphatic hydroxyl groups excluding tert-OH is 1. The number of hydrogen-bond donors (Lipinski definition) is 2. The van der Waals surface area contributed by atoms with Crippen LogP contribution < -0.4 is 5.32 Å². The van der Waals surface area contributed by atoms with E-state index >= 15 is 0 Å². The smallest absolute Gasteiger partial charge is 0.317 e. The van der Waals surface area contributed by atoms with Crippen LogP contribution in [0.5, 0.6) is 0 Å². The van der Waals surface area contributed by atoms with Gasteiger partial charge in [-0.2, -0.15) is 0 Å². The summed E-state index contributed by atoms with van der Waals surface area (Å²) < 4.78 is 13.8. The summed E-state index contributed by atoms with van der Waals surface area (Å²) in [5.41, 5.74) is 1.58. The highest BCUT2D eigenvalue weighted by Gasteiger charge is 2.28. The minimum Gasteiger partial charge on any atom is -0.396 e. The molecular formula is C18H27FN2O2. The Morgan fingerprint density at radius 1 is 1.43 bits per heavy atom. The van der Waals surface area contributed by atoms with Gasteiger partial charge in [-0.3, -0.25) is 0 Å². The van der Waals surface area contributed by atoms with Gasteiger partial charge in [0.2, 0.25) is 0 Å². The van der Waals surface area contributed by atoms with Crippen LogP contribution >= 0.6 is 0 Å². The number of rotatable bonds is 5. The standard InChI is InChI=1S/C18H27FN2O2/c1-18(2,3)12-21(10-5-11-22)17(23)20-16-9-8-13-14(16)6-4-7-15(13)19/h4,6-7,16,22H,5,8-12H2,1-3H3,(H,20,23). The molecule has 0 aromatic heterocycles. The Balaban J connectivity index is 2.06. The first-order chi connectivity index (χ1) is 10.8. The van der Waals surface area contributed by atoms with Crippen LogP contribution in [0.15, 0.2) is 18.2 Å². The largest absolute Gasteiger partial charge is 0.396 e. The molecule has 1 aromatic rings. The van der Waals surface area contributed by atoms with Crippen molar-refractivity contribution in [3.8, 4) is 0 Å². The zero-order valence-electron chi connectivity index (χ0n) is 14.2. The predicted octanol–water partition coefficient (Wildman–Crippen LogP) is 3.25. The van der Waals surface area contributed by atoms with E-state index in [1.807, 2.05) is 6.07 Å². The highest BCUT2D eigenvalue weighted by atomic mass is 19.1. The molecule has 5 heteroatoms. The quantitative estimate of drug-likeness (QED) is 0.874. The van der Waals surface area contributed by atoms with Gasteiger partial charge in [0.05, 0.1) is 6.04 Å². The van der Waals surface area contributed by atoms with Crippen molar-refractivity contribution in [1.29, 1.82) is 0 Å². The summed E-state index contributed by atoms with van der Waals surface area (Å²) in [4.78, 5) is 14.4. The molecule has 0 saturated heterocycles. The van der Waals surface area contributed by atoms with Gasteiger partial charge in [-0.1, -0.05) is 32.9 Å². The SMILES string of the molecule is CC(C)(C)CN(CCCO)C(=O)NC1CCc2c(F)cccc21. The van der Waals surface area contributed by atoms with E-state index in [0.29, 0.717) is 25.9 Å². The number of fused-ring (bicyclic) bond motifs is 1. The number of carbonyl (C=O) groups is 1. The maximum Gasteiger partial charge on any atom is 0.317 e. The van der Waals surface area contributed by atoms with Gasteiger partial charge in [-0.15, -0.1) is 0 Å². The molecule has 0 spiro atoms. The van der Waals surface area contributed by atoms with E-state index in [1.165, 1.54) is 6.07 Å². The van der Waals surface area contributed by atoms with Gasteiger partial charge in [0.1, 0.15) is 5.82 Å². The summed E-state index contributed by atoms with van der Waals surface area (Å²) in [5.74, 6) is -0.189. The predicted molar refractivity (Wildman–Crippen MR) is 88.7 cm³/mol. The maximum atomic E-state index is 13.8. The lowest BCUT2D eigenvalue weighted by molar-refractivity contribution is 0.161. The van der Waals surface area contributed by atoms with Crippen LogP contribution in [0, 0.1) is 11.2 Å². The average molecular weight is 322 g/mol. The second-order valence-electron chi connectivity index (χ2n) is 7.41. The maximum absolute atomic E-state index is 13.8. The van der Waals surface area contributed by atoms with E-state index in [0.717, 1.165) is 17.5 Å². The number of carbonyl (C=O) groups excluding carboxylic acids is 1. The minimum absolute atomic E-state index is 0.0213. The van der Waals surface area contributed by atoms with Crippen molar-refractivity contribution in [2.75, 3.05) is 19.7 Å². The molecule has 2 amide bonds. The van der Waals surface area contributed by atoms with Crippen LogP contribution in [0.4, 0.5) is 9.18 Å². The molecule has 0 aliphatic heterocycles. The van der Waals surface area contributed by atoms with E-state index in [9.17, 15) is 9.18 Å². The normalized spacial score (nSPS) is 17.0. The average Bonchev–Trinajstić information content (AvgIpc) is 2.87. The molecule has 2 N–H and O–H groups in total. The first kappa shape index (κ1) is 17.7. The molecule has 0 fully saturated rings. The second kappa shape index (κ2) is 7.30. The highest BCUT2D eigenvalue weighted by molar-refractivity contribution is 5.75. The van der Waals surface area contributed by atoms with Crippen LogP contribution in [0.25, 0.3) is 0 Å². The van der Waals surface area contributed by atoms with E-state index < -0.39 is 0 Å². The fourth-order valence-corrected chi connectivity index (χ4v) is 3.09. The molecule has 0 radical (unpaired) electrons. The van der Waals surface area contributed by atoms with Gasteiger partial charge >= 0.3 is 6.03 Å². The zero-order valence-corrected chi connectivity index (χ0v) is 14.2. The molecule has 2 rings (SSSR count). The van der Waals surface area contributed by atoms with Crippen LogP contribution in [0.1, 0.15) is 50.8 Å². The molecule has 128 valence electrons. The van der Waals surface area contributed by atoms with Crippen molar-refractivity contribution >= 4 is 6.03 Å². The van der Waals surface area contributed by atoms with Gasteiger partial charge in [0, 0.05) is 19.7 Å². The van der Waals surface area contributed by atoms with Crippen LogP contribution in [0.2, 0.25) is 0 Å². The molecule has 1 aliphatic rings. The third-order valence-electron chi connectivity index (χ3n) is 4.05. The first-order valence-corrected chi connectivity index (χ1v) is 8.25. The highest BCUT2D eigenvalue weighted by Crippen LogP contribution is 2.32. The summed E-state index contributed by atoms with van der Waals surface area (Å²) in [6, 6.07) is 4.77. The summed E-state index contributed by atoms with van der Waals surface area (Å²) >= 11 is 0. The lowest BCUT2D eigenvalue weighted by Crippen LogP contribution is -2.45. The van der Waals surface area contributed by atoms with Crippen molar-refractivity contribution in [2.24, 2.45) is 5.41 Å². The lowest BCUT2D eigenvalue weighted by atomic mass is 9.96. The third-order valence-corrected chi connectivity index (χ3v) is 4.05. The summed E-state index contributed by atoms with van der Waals surface area (Å²) in [7, 11) is 0. The molecule has 23 heavy (non-hydrogen) atoms. The Labute approximate surface area is 137 Å². The van der Waals surface area contributed by atoms with Gasteiger partial charge in [0.25, 0.3) is 0 Å². The molecule has 1 aromatic carbocycles. The van der Waals surface area contributed by atoms with E-state index in [2.05, 4.69) is 26.1 Å². The number of urea groups is 1. The Kier molecular flexibility index (Phi) is 5.63. The summed E-state index contributed by atoms with van der Waals surface area (Å²) in [5, 5.41) is 12.1. The van der Waals surface area contributed by atoms with Crippen molar-refractivity contribution in [2.45, 2.75) is 46.1 Å². The third kappa shape index (κ3) is 4.67. The monoisotopic (exact) mass is 322 g/mol. The first-order valence-electron chi connectivity index (χ1n) is 8.25. The molecule has 4 nitrogen and oxygen atoms in total. The van der Waals surface area contributed by atoms with Gasteiger partial charge in [-0.25, -0.2) is 9.18 Å². The van der Waals surface area contributed by atoms with Crippen molar-refractivity contribution in [3.05, 3.63) is 35.1 Å². The van der Waals surface area contributed by atoms with Crippen molar-refractivity contribution in [3.63, 3.8) is 0 Å². The van der Waals surface area contributed by atoms with E-state index in [4.69, 9.17) is 5.11 Å². The van der Waals surface area contributed by atoms with Gasteiger partial charge in [0.15, 0.2) is 0 Å². The van der Waals surface area contributed by atoms with Crippen LogP contribution in [0.3, 0.4) is 0 Å². The number of nitrogens with one attached hydrogen (secondary N) is 1. The molecule has 1 atom stereocenters. The Morgan fingerprint density at radius 3 is 2.83 bits per heavy atom. The number of nitrogens with zero attached hydrogens (tertiary/aromatic N) is 1.